The van der Waals surface area contributed by atoms with E-state index < -0.39 is 0 Å². The fraction of sp³-hybridized carbons (Fsp3) is 0.588. The lowest BCUT2D eigenvalue weighted by molar-refractivity contribution is 0.0610. The van der Waals surface area contributed by atoms with Gasteiger partial charge < -0.3 is 9.15 Å². The summed E-state index contributed by atoms with van der Waals surface area (Å²) in [6.07, 6.45) is 2.02. The predicted molar refractivity (Wildman–Crippen MR) is 82.7 cm³/mol. The Labute approximate surface area is 124 Å². The summed E-state index contributed by atoms with van der Waals surface area (Å²) in [4.78, 5) is 12.1. The summed E-state index contributed by atoms with van der Waals surface area (Å²) < 4.78 is 12.6. The average molecular weight is 289 g/mol. The lowest BCUT2D eigenvalue weighted by atomic mass is 9.87. The van der Waals surface area contributed by atoms with E-state index in [1.165, 1.54) is 5.56 Å². The van der Waals surface area contributed by atoms with Crippen LogP contribution in [0.25, 0.3) is 11.1 Å². The second kappa shape index (κ2) is 5.34. The van der Waals surface area contributed by atoms with Crippen LogP contribution < -0.4 is 5.76 Å². The Kier molecular flexibility index (Phi) is 3.66. The van der Waals surface area contributed by atoms with E-state index in [0.717, 1.165) is 38.1 Å². The highest BCUT2D eigenvalue weighted by Gasteiger charge is 2.20. The molecule has 0 radical (unpaired) electrons. The first-order valence-electron chi connectivity index (χ1n) is 7.67. The number of rotatable bonds is 2. The third-order valence-electron chi connectivity index (χ3n) is 4.32. The van der Waals surface area contributed by atoms with Gasteiger partial charge in [0.15, 0.2) is 5.58 Å². The van der Waals surface area contributed by atoms with Gasteiger partial charge in [0.05, 0.1) is 5.52 Å². The van der Waals surface area contributed by atoms with Crippen molar-refractivity contribution >= 4 is 11.1 Å². The van der Waals surface area contributed by atoms with Gasteiger partial charge in [-0.05, 0) is 41.9 Å². The largest absolute Gasteiger partial charge is 0.419 e. The van der Waals surface area contributed by atoms with Crippen LogP contribution >= 0.6 is 0 Å². The number of fused-ring (bicyclic) bond motifs is 1. The Hall–Kier alpha value is -1.55. The first-order chi connectivity index (χ1) is 9.95. The quantitative estimate of drug-likeness (QED) is 0.852. The summed E-state index contributed by atoms with van der Waals surface area (Å²) in [7, 11) is 0. The van der Waals surface area contributed by atoms with Gasteiger partial charge in [0.25, 0.3) is 0 Å². The topological polar surface area (TPSA) is 44.4 Å². The number of oxazole rings is 1. The van der Waals surface area contributed by atoms with Crippen LogP contribution in [-0.4, -0.2) is 17.8 Å². The molecule has 1 aromatic heterocycles. The molecule has 4 heteroatoms. The van der Waals surface area contributed by atoms with Crippen LogP contribution in [0.2, 0.25) is 0 Å². The second-order valence-electron chi connectivity index (χ2n) is 6.97. The molecule has 0 spiro atoms. The van der Waals surface area contributed by atoms with Crippen molar-refractivity contribution < 1.29 is 9.15 Å². The molecule has 0 saturated carbocycles. The molecular weight excluding hydrogens is 266 g/mol. The zero-order chi connectivity index (χ0) is 15.0. The normalized spacial score (nSPS) is 17.5. The third-order valence-corrected chi connectivity index (χ3v) is 4.32. The number of aromatic nitrogens is 1. The minimum Gasteiger partial charge on any atom is -0.408 e. The zero-order valence-electron chi connectivity index (χ0n) is 13.0. The highest BCUT2D eigenvalue weighted by atomic mass is 16.5. The van der Waals surface area contributed by atoms with Crippen LogP contribution in [0.5, 0.6) is 0 Å². The molecule has 2 heterocycles. The summed E-state index contributed by atoms with van der Waals surface area (Å²) >= 11 is 0. The molecule has 0 atom stereocenters. The molecule has 0 unspecified atom stereocenters. The van der Waals surface area contributed by atoms with E-state index in [1.54, 1.807) is 4.57 Å². The molecular formula is C17H23NO3. The van der Waals surface area contributed by atoms with Crippen LogP contribution in [-0.2, 0) is 16.7 Å². The minimum atomic E-state index is -0.248. The summed E-state index contributed by atoms with van der Waals surface area (Å²) in [6.45, 7) is 8.84. The van der Waals surface area contributed by atoms with Crippen molar-refractivity contribution in [3.8, 4) is 0 Å². The van der Waals surface area contributed by atoms with E-state index in [-0.39, 0.29) is 11.2 Å². The van der Waals surface area contributed by atoms with Gasteiger partial charge in [-0.15, -0.1) is 0 Å². The summed E-state index contributed by atoms with van der Waals surface area (Å²) in [6, 6.07) is 6.06. The zero-order valence-corrected chi connectivity index (χ0v) is 13.0. The van der Waals surface area contributed by atoms with Crippen LogP contribution in [0.4, 0.5) is 0 Å². The lowest BCUT2D eigenvalue weighted by Gasteiger charge is -2.22. The van der Waals surface area contributed by atoms with Crippen LogP contribution in [0.15, 0.2) is 27.4 Å². The van der Waals surface area contributed by atoms with Crippen molar-refractivity contribution in [1.82, 2.24) is 4.57 Å². The van der Waals surface area contributed by atoms with Crippen molar-refractivity contribution in [2.24, 2.45) is 5.92 Å². The van der Waals surface area contributed by atoms with Crippen molar-refractivity contribution in [2.75, 3.05) is 13.2 Å². The van der Waals surface area contributed by atoms with Gasteiger partial charge in [-0.25, -0.2) is 4.79 Å². The lowest BCUT2D eigenvalue weighted by Crippen LogP contribution is -2.25. The van der Waals surface area contributed by atoms with E-state index in [1.807, 2.05) is 12.1 Å². The number of hydrogen-bond acceptors (Lipinski definition) is 3. The Bertz CT molecular complexity index is 684. The molecule has 114 valence electrons. The Morgan fingerprint density at radius 3 is 2.62 bits per heavy atom. The van der Waals surface area contributed by atoms with E-state index in [2.05, 4.69) is 26.8 Å². The number of nitrogens with zero attached hydrogens (tertiary/aromatic N) is 1. The van der Waals surface area contributed by atoms with Gasteiger partial charge >= 0.3 is 5.76 Å². The SMILES string of the molecule is CC(C)(C)c1ccc2oc(=O)n(CC3CCOCC3)c2c1. The number of hydrogen-bond donors (Lipinski definition) is 0. The molecule has 0 aliphatic carbocycles. The van der Waals surface area contributed by atoms with Crippen molar-refractivity contribution in [3.05, 3.63) is 34.3 Å². The fourth-order valence-electron chi connectivity index (χ4n) is 2.89. The highest BCUT2D eigenvalue weighted by Crippen LogP contribution is 2.26. The smallest absolute Gasteiger partial charge is 0.408 e. The van der Waals surface area contributed by atoms with E-state index in [4.69, 9.17) is 9.15 Å². The summed E-state index contributed by atoms with van der Waals surface area (Å²) in [5.74, 6) is 0.248. The molecule has 1 fully saturated rings. The maximum Gasteiger partial charge on any atom is 0.419 e. The van der Waals surface area contributed by atoms with Crippen molar-refractivity contribution in [2.45, 2.75) is 45.6 Å². The van der Waals surface area contributed by atoms with E-state index in [9.17, 15) is 4.79 Å². The standard InChI is InChI=1S/C17H23NO3/c1-17(2,3)13-4-5-15-14(10-13)18(16(19)21-15)11-12-6-8-20-9-7-12/h4-5,10,12H,6-9,11H2,1-3H3. The highest BCUT2D eigenvalue weighted by molar-refractivity contribution is 5.74. The molecule has 2 aromatic rings. The first-order valence-corrected chi connectivity index (χ1v) is 7.67. The van der Waals surface area contributed by atoms with Crippen LogP contribution in [0.1, 0.15) is 39.2 Å². The maximum atomic E-state index is 12.1. The molecule has 3 rings (SSSR count). The molecule has 0 N–H and O–H groups in total. The summed E-state index contributed by atoms with van der Waals surface area (Å²) in [5.41, 5.74) is 2.88. The molecule has 1 aliphatic rings. The Morgan fingerprint density at radius 1 is 1.24 bits per heavy atom. The monoisotopic (exact) mass is 289 g/mol. The molecule has 0 bridgehead atoms. The van der Waals surface area contributed by atoms with E-state index in [0.29, 0.717) is 11.5 Å². The molecule has 4 nitrogen and oxygen atoms in total. The van der Waals surface area contributed by atoms with Gasteiger partial charge in [-0.1, -0.05) is 26.8 Å². The van der Waals surface area contributed by atoms with Crippen molar-refractivity contribution in [3.63, 3.8) is 0 Å². The molecule has 0 amide bonds. The van der Waals surface area contributed by atoms with Crippen LogP contribution in [0.3, 0.4) is 0 Å². The Morgan fingerprint density at radius 2 is 1.95 bits per heavy atom. The summed E-state index contributed by atoms with van der Waals surface area (Å²) in [5, 5.41) is 0. The van der Waals surface area contributed by atoms with Gasteiger partial charge in [-0.3, -0.25) is 4.57 Å². The van der Waals surface area contributed by atoms with Gasteiger partial charge in [0.1, 0.15) is 0 Å². The second-order valence-corrected chi connectivity index (χ2v) is 6.97. The molecule has 1 aliphatic heterocycles. The predicted octanol–water partition coefficient (Wildman–Crippen LogP) is 3.32. The third kappa shape index (κ3) is 2.91. The average Bonchev–Trinajstić information content (AvgIpc) is 2.75. The van der Waals surface area contributed by atoms with Crippen molar-refractivity contribution in [1.29, 1.82) is 0 Å². The fourth-order valence-corrected chi connectivity index (χ4v) is 2.89. The molecule has 1 saturated heterocycles. The van der Waals surface area contributed by atoms with Gasteiger partial charge in [0, 0.05) is 19.8 Å². The first kappa shape index (κ1) is 14.4. The Balaban J connectivity index is 2.00. The van der Waals surface area contributed by atoms with Gasteiger partial charge in [0.2, 0.25) is 0 Å². The maximum absolute atomic E-state index is 12.1. The molecule has 1 aromatic carbocycles. The number of benzene rings is 1. The van der Waals surface area contributed by atoms with E-state index >= 15 is 0 Å². The molecule has 21 heavy (non-hydrogen) atoms. The minimum absolute atomic E-state index is 0.0605. The van der Waals surface area contributed by atoms with Gasteiger partial charge in [-0.2, -0.15) is 0 Å². The van der Waals surface area contributed by atoms with Crippen LogP contribution in [0, 0.1) is 5.92 Å². The number of ether oxygens (including phenoxy) is 1.